The highest BCUT2D eigenvalue weighted by atomic mass is 16.3. The summed E-state index contributed by atoms with van der Waals surface area (Å²) < 4.78 is 5.33. The molecule has 0 bridgehead atoms. The van der Waals surface area contributed by atoms with Crippen molar-refractivity contribution < 1.29 is 4.42 Å². The summed E-state index contributed by atoms with van der Waals surface area (Å²) in [6.07, 6.45) is 9.18. The number of hydrogen-bond donors (Lipinski definition) is 0. The molecule has 1 aromatic rings. The van der Waals surface area contributed by atoms with Gasteiger partial charge in [-0.15, -0.1) is 0 Å². The van der Waals surface area contributed by atoms with Gasteiger partial charge in [0.2, 0.25) is 0 Å². The Morgan fingerprint density at radius 3 is 2.91 bits per heavy atom. The third kappa shape index (κ3) is 1.03. The third-order valence-corrected chi connectivity index (χ3v) is 1.90. The molecule has 0 amide bonds. The van der Waals surface area contributed by atoms with E-state index in [1.54, 1.807) is 6.26 Å². The highest BCUT2D eigenvalue weighted by molar-refractivity contribution is 5.74. The summed E-state index contributed by atoms with van der Waals surface area (Å²) in [5, 5.41) is 0. The molecular weight excluding hydrogens is 136 g/mol. The van der Waals surface area contributed by atoms with Crippen molar-refractivity contribution in [3.05, 3.63) is 41.9 Å². The van der Waals surface area contributed by atoms with E-state index in [0.717, 1.165) is 12.2 Å². The summed E-state index contributed by atoms with van der Waals surface area (Å²) in [4.78, 5) is 0. The maximum Gasteiger partial charge on any atom is 0.136 e. The van der Waals surface area contributed by atoms with Crippen LogP contribution in [0.1, 0.15) is 17.7 Å². The van der Waals surface area contributed by atoms with Crippen molar-refractivity contribution in [2.45, 2.75) is 13.3 Å². The standard InChI is InChI=1S/C10H10O/c1-8-6-7-11-10(8)9-4-2-3-5-9/h2,4-7H,3H2,1H3. The number of rotatable bonds is 1. The minimum atomic E-state index is 1.01. The van der Waals surface area contributed by atoms with Gasteiger partial charge >= 0.3 is 0 Å². The summed E-state index contributed by atoms with van der Waals surface area (Å²) in [6.45, 7) is 2.06. The second-order valence-electron chi connectivity index (χ2n) is 2.73. The maximum absolute atomic E-state index is 5.33. The average molecular weight is 146 g/mol. The molecule has 0 N–H and O–H groups in total. The molecule has 0 aromatic carbocycles. The quantitative estimate of drug-likeness (QED) is 0.593. The maximum atomic E-state index is 5.33. The molecule has 56 valence electrons. The second-order valence-corrected chi connectivity index (χ2v) is 2.73. The van der Waals surface area contributed by atoms with Crippen LogP contribution in [0.25, 0.3) is 5.57 Å². The minimum Gasteiger partial charge on any atom is -0.464 e. The van der Waals surface area contributed by atoms with Crippen LogP contribution in [-0.2, 0) is 0 Å². The highest BCUT2D eigenvalue weighted by Gasteiger charge is 2.07. The van der Waals surface area contributed by atoms with Gasteiger partial charge < -0.3 is 4.42 Å². The fourth-order valence-corrected chi connectivity index (χ4v) is 1.29. The fraction of sp³-hybridized carbons (Fsp3) is 0.200. The van der Waals surface area contributed by atoms with E-state index in [4.69, 9.17) is 4.42 Å². The average Bonchev–Trinajstić information content (AvgIpc) is 2.55. The molecule has 11 heavy (non-hydrogen) atoms. The predicted octanol–water partition coefficient (Wildman–Crippen LogP) is 2.93. The lowest BCUT2D eigenvalue weighted by Gasteiger charge is -1.94. The zero-order valence-electron chi connectivity index (χ0n) is 6.50. The molecule has 0 saturated carbocycles. The summed E-state index contributed by atoms with van der Waals surface area (Å²) in [5.41, 5.74) is 2.43. The molecule has 1 aliphatic rings. The molecular formula is C10H10O. The van der Waals surface area contributed by atoms with Gasteiger partial charge in [0.1, 0.15) is 5.76 Å². The zero-order valence-corrected chi connectivity index (χ0v) is 6.50. The number of allylic oxidation sites excluding steroid dienone is 4. The van der Waals surface area contributed by atoms with E-state index in [0.29, 0.717) is 0 Å². The third-order valence-electron chi connectivity index (χ3n) is 1.90. The van der Waals surface area contributed by atoms with Crippen LogP contribution in [0.4, 0.5) is 0 Å². The topological polar surface area (TPSA) is 13.1 Å². The van der Waals surface area contributed by atoms with Crippen molar-refractivity contribution in [2.24, 2.45) is 0 Å². The van der Waals surface area contributed by atoms with Gasteiger partial charge in [-0.25, -0.2) is 0 Å². The van der Waals surface area contributed by atoms with Gasteiger partial charge in [0.15, 0.2) is 0 Å². The van der Waals surface area contributed by atoms with E-state index in [2.05, 4.69) is 25.2 Å². The smallest absolute Gasteiger partial charge is 0.136 e. The van der Waals surface area contributed by atoms with Crippen LogP contribution in [0.5, 0.6) is 0 Å². The van der Waals surface area contributed by atoms with Crippen LogP contribution in [0.3, 0.4) is 0 Å². The van der Waals surface area contributed by atoms with Crippen LogP contribution in [0.2, 0.25) is 0 Å². The molecule has 1 heterocycles. The van der Waals surface area contributed by atoms with Crippen molar-refractivity contribution >= 4 is 5.57 Å². The SMILES string of the molecule is Cc1ccoc1C1=CCC=C1. The Morgan fingerprint density at radius 1 is 1.45 bits per heavy atom. The highest BCUT2D eigenvalue weighted by Crippen LogP contribution is 2.24. The van der Waals surface area contributed by atoms with E-state index >= 15 is 0 Å². The Bertz CT molecular complexity index is 315. The van der Waals surface area contributed by atoms with Crippen LogP contribution >= 0.6 is 0 Å². The van der Waals surface area contributed by atoms with Crippen molar-refractivity contribution in [3.63, 3.8) is 0 Å². The van der Waals surface area contributed by atoms with Gasteiger partial charge in [0.05, 0.1) is 6.26 Å². The van der Waals surface area contributed by atoms with E-state index in [9.17, 15) is 0 Å². The van der Waals surface area contributed by atoms with Crippen LogP contribution < -0.4 is 0 Å². The molecule has 0 unspecified atom stereocenters. The second kappa shape index (κ2) is 2.42. The Labute approximate surface area is 66.0 Å². The van der Waals surface area contributed by atoms with Gasteiger partial charge in [-0.2, -0.15) is 0 Å². The van der Waals surface area contributed by atoms with Crippen molar-refractivity contribution in [3.8, 4) is 0 Å². The van der Waals surface area contributed by atoms with E-state index < -0.39 is 0 Å². The monoisotopic (exact) mass is 146 g/mol. The minimum absolute atomic E-state index is 1.01. The summed E-state index contributed by atoms with van der Waals surface area (Å²) in [6, 6.07) is 1.99. The molecule has 2 rings (SSSR count). The van der Waals surface area contributed by atoms with E-state index in [-0.39, 0.29) is 0 Å². The molecule has 0 saturated heterocycles. The summed E-state index contributed by atoms with van der Waals surface area (Å²) >= 11 is 0. The molecule has 1 aliphatic carbocycles. The first-order chi connectivity index (χ1) is 5.38. The Kier molecular flexibility index (Phi) is 1.42. The van der Waals surface area contributed by atoms with Crippen LogP contribution in [0.15, 0.2) is 35.0 Å². The van der Waals surface area contributed by atoms with Gasteiger partial charge in [0, 0.05) is 5.57 Å². The number of aryl methyl sites for hydroxylation is 1. The normalized spacial score (nSPS) is 15.5. The van der Waals surface area contributed by atoms with Gasteiger partial charge in [0.25, 0.3) is 0 Å². The van der Waals surface area contributed by atoms with E-state index in [1.165, 1.54) is 11.1 Å². The Hall–Kier alpha value is -1.24. The first-order valence-corrected chi connectivity index (χ1v) is 3.79. The largest absolute Gasteiger partial charge is 0.464 e. The number of hydrogen-bond acceptors (Lipinski definition) is 1. The van der Waals surface area contributed by atoms with E-state index in [1.807, 2.05) is 6.07 Å². The molecule has 1 nitrogen and oxygen atoms in total. The van der Waals surface area contributed by atoms with Crippen molar-refractivity contribution in [1.29, 1.82) is 0 Å². The van der Waals surface area contributed by atoms with Gasteiger partial charge in [-0.1, -0.05) is 18.2 Å². The first-order valence-electron chi connectivity index (χ1n) is 3.79. The van der Waals surface area contributed by atoms with Crippen molar-refractivity contribution in [1.82, 2.24) is 0 Å². The van der Waals surface area contributed by atoms with Crippen molar-refractivity contribution in [2.75, 3.05) is 0 Å². The fourth-order valence-electron chi connectivity index (χ4n) is 1.29. The van der Waals surface area contributed by atoms with Gasteiger partial charge in [-0.3, -0.25) is 0 Å². The zero-order chi connectivity index (χ0) is 7.68. The summed E-state index contributed by atoms with van der Waals surface area (Å²) in [5.74, 6) is 1.01. The summed E-state index contributed by atoms with van der Waals surface area (Å²) in [7, 11) is 0. The molecule has 0 atom stereocenters. The van der Waals surface area contributed by atoms with Crippen LogP contribution in [0, 0.1) is 6.92 Å². The molecule has 0 aliphatic heterocycles. The first kappa shape index (κ1) is 6.47. The lowest BCUT2D eigenvalue weighted by atomic mass is 10.1. The molecule has 0 radical (unpaired) electrons. The molecule has 0 spiro atoms. The molecule has 1 aromatic heterocycles. The van der Waals surface area contributed by atoms with Gasteiger partial charge in [-0.05, 0) is 25.0 Å². The predicted molar refractivity (Wildman–Crippen MR) is 45.2 cm³/mol. The number of furan rings is 1. The lowest BCUT2D eigenvalue weighted by Crippen LogP contribution is -1.76. The Morgan fingerprint density at radius 2 is 2.36 bits per heavy atom. The molecule has 0 fully saturated rings. The Balaban J connectivity index is 2.43. The molecule has 1 heteroatoms. The lowest BCUT2D eigenvalue weighted by molar-refractivity contribution is 0.552. The van der Waals surface area contributed by atoms with Crippen LogP contribution in [-0.4, -0.2) is 0 Å².